The summed E-state index contributed by atoms with van der Waals surface area (Å²) in [6.07, 6.45) is -3.32. The highest BCUT2D eigenvalue weighted by Gasteiger charge is 2.38. The zero-order valence-electron chi connectivity index (χ0n) is 18.0. The molecule has 1 aliphatic rings. The van der Waals surface area contributed by atoms with Crippen LogP contribution in [0.4, 0.5) is 22.0 Å². The van der Waals surface area contributed by atoms with Gasteiger partial charge in [0, 0.05) is 18.2 Å². The van der Waals surface area contributed by atoms with E-state index in [-0.39, 0.29) is 36.7 Å². The van der Waals surface area contributed by atoms with Crippen molar-refractivity contribution in [2.75, 3.05) is 13.7 Å². The summed E-state index contributed by atoms with van der Waals surface area (Å²) in [5, 5.41) is 13.0. The summed E-state index contributed by atoms with van der Waals surface area (Å²) in [6, 6.07) is 8.34. The number of ether oxygens (including phenoxy) is 2. The summed E-state index contributed by atoms with van der Waals surface area (Å²) >= 11 is 0. The Hall–Kier alpha value is -3.41. The van der Waals surface area contributed by atoms with E-state index >= 15 is 0 Å². The summed E-state index contributed by atoms with van der Waals surface area (Å²) in [6.45, 7) is 1.09. The maximum atomic E-state index is 14.4. The highest BCUT2D eigenvalue weighted by atomic mass is 19.4. The quantitative estimate of drug-likeness (QED) is 0.514. The predicted octanol–water partition coefficient (Wildman–Crippen LogP) is 3.55. The molecule has 0 spiro atoms. The molecule has 1 saturated heterocycles. The van der Waals surface area contributed by atoms with Crippen LogP contribution < -0.4 is 20.1 Å². The van der Waals surface area contributed by atoms with E-state index in [4.69, 9.17) is 19.4 Å². The molecule has 3 N–H and O–H groups in total. The Morgan fingerprint density at radius 2 is 1.79 bits per heavy atom. The van der Waals surface area contributed by atoms with E-state index in [2.05, 4.69) is 10.6 Å². The zero-order valence-corrected chi connectivity index (χ0v) is 18.0. The second-order valence-corrected chi connectivity index (χ2v) is 7.18. The third-order valence-electron chi connectivity index (χ3n) is 4.71. The number of benzene rings is 2. The monoisotopic (exact) mass is 490 g/mol. The van der Waals surface area contributed by atoms with Crippen molar-refractivity contribution in [3.05, 3.63) is 59.2 Å². The van der Waals surface area contributed by atoms with Gasteiger partial charge in [-0.05, 0) is 43.1 Å². The number of hydrogen-bond donors (Lipinski definition) is 3. The Labute approximate surface area is 191 Å². The van der Waals surface area contributed by atoms with Gasteiger partial charge in [-0.3, -0.25) is 4.79 Å². The molecule has 2 aromatic rings. The highest BCUT2D eigenvalue weighted by molar-refractivity contribution is 5.82. The number of methoxy groups -OCH3 is 1. The fraction of sp³-hybridized carbons (Fsp3) is 0.364. The molecule has 12 heteroatoms. The standard InChI is InChI=1S/C20H22F2N2O3.C2HF3O2/c1-26-18-10-19(27-12-13-4-6-15(21)7-5-13)16(22)9-14(18)11-24-20(25)17-3-2-8-23-17;3-2(4,5)1(6)7/h4-7,9-10,17,23H,2-3,8,11-12H2,1H3,(H,24,25);(H,6,7)/t17-;/m0./s1. The van der Waals surface area contributed by atoms with Gasteiger partial charge in [-0.1, -0.05) is 12.1 Å². The molecular weight excluding hydrogens is 467 g/mol. The van der Waals surface area contributed by atoms with E-state index < -0.39 is 18.0 Å². The zero-order chi connectivity index (χ0) is 25.3. The average Bonchev–Trinajstić information content (AvgIpc) is 3.33. The van der Waals surface area contributed by atoms with Gasteiger partial charge in [-0.2, -0.15) is 13.2 Å². The number of halogens is 5. The van der Waals surface area contributed by atoms with Crippen molar-refractivity contribution in [1.82, 2.24) is 10.6 Å². The summed E-state index contributed by atoms with van der Waals surface area (Å²) in [5.74, 6) is -3.31. The topological polar surface area (TPSA) is 96.9 Å². The van der Waals surface area contributed by atoms with Gasteiger partial charge in [-0.25, -0.2) is 13.6 Å². The van der Waals surface area contributed by atoms with E-state index in [0.29, 0.717) is 11.3 Å². The van der Waals surface area contributed by atoms with Crippen LogP contribution in [0.25, 0.3) is 0 Å². The first-order valence-electron chi connectivity index (χ1n) is 10.1. The van der Waals surface area contributed by atoms with Gasteiger partial charge < -0.3 is 25.2 Å². The van der Waals surface area contributed by atoms with Crippen LogP contribution in [0.15, 0.2) is 36.4 Å². The van der Waals surface area contributed by atoms with Gasteiger partial charge in [-0.15, -0.1) is 0 Å². The largest absolute Gasteiger partial charge is 0.496 e. The van der Waals surface area contributed by atoms with Crippen LogP contribution in [0.5, 0.6) is 11.5 Å². The molecule has 1 amide bonds. The Bertz CT molecular complexity index is 977. The van der Waals surface area contributed by atoms with Crippen molar-refractivity contribution in [3.8, 4) is 11.5 Å². The molecular formula is C22H23F5N2O5. The van der Waals surface area contributed by atoms with Gasteiger partial charge in [0.1, 0.15) is 18.2 Å². The molecule has 7 nitrogen and oxygen atoms in total. The minimum atomic E-state index is -5.08. The van der Waals surface area contributed by atoms with E-state index in [1.807, 2.05) is 0 Å². The first-order chi connectivity index (χ1) is 16.0. The molecule has 0 aliphatic carbocycles. The number of carbonyl (C=O) groups is 2. The first kappa shape index (κ1) is 26.8. The van der Waals surface area contributed by atoms with Crippen molar-refractivity contribution in [1.29, 1.82) is 0 Å². The molecule has 0 aromatic heterocycles. The fourth-order valence-electron chi connectivity index (χ4n) is 2.97. The molecule has 1 heterocycles. The lowest BCUT2D eigenvalue weighted by atomic mass is 10.1. The molecule has 1 aliphatic heterocycles. The number of carbonyl (C=O) groups excluding carboxylic acids is 1. The van der Waals surface area contributed by atoms with Gasteiger partial charge in [0.15, 0.2) is 11.6 Å². The van der Waals surface area contributed by atoms with E-state index in [1.54, 1.807) is 12.1 Å². The van der Waals surface area contributed by atoms with E-state index in [0.717, 1.165) is 24.9 Å². The normalized spacial score (nSPS) is 15.2. The summed E-state index contributed by atoms with van der Waals surface area (Å²) in [7, 11) is 1.47. The molecule has 1 fully saturated rings. The minimum Gasteiger partial charge on any atom is -0.496 e. The molecule has 0 saturated carbocycles. The molecule has 0 unspecified atom stereocenters. The average molecular weight is 490 g/mol. The number of nitrogens with one attached hydrogen (secondary N) is 2. The minimum absolute atomic E-state index is 0.0312. The third-order valence-corrected chi connectivity index (χ3v) is 4.71. The molecule has 186 valence electrons. The Balaban J connectivity index is 0.000000509. The van der Waals surface area contributed by atoms with Crippen molar-refractivity contribution < 1.29 is 46.1 Å². The fourth-order valence-corrected chi connectivity index (χ4v) is 2.97. The second-order valence-electron chi connectivity index (χ2n) is 7.18. The van der Waals surface area contributed by atoms with Gasteiger partial charge in [0.05, 0.1) is 13.2 Å². The molecule has 1 atom stereocenters. The Kier molecular flexibility index (Phi) is 9.60. The number of amides is 1. The van der Waals surface area contributed by atoms with Crippen LogP contribution in [0.2, 0.25) is 0 Å². The molecule has 0 radical (unpaired) electrons. The summed E-state index contributed by atoms with van der Waals surface area (Å²) in [5.41, 5.74) is 1.24. The number of carboxylic acid groups (broad SMARTS) is 1. The van der Waals surface area contributed by atoms with Crippen LogP contribution in [0.3, 0.4) is 0 Å². The van der Waals surface area contributed by atoms with Crippen LogP contribution in [-0.2, 0) is 22.7 Å². The Morgan fingerprint density at radius 1 is 1.15 bits per heavy atom. The number of aliphatic carboxylic acids is 1. The number of rotatable bonds is 7. The number of alkyl halides is 3. The maximum Gasteiger partial charge on any atom is 0.490 e. The van der Waals surface area contributed by atoms with Crippen molar-refractivity contribution in [2.45, 2.75) is 38.2 Å². The third kappa shape index (κ3) is 8.18. The smallest absolute Gasteiger partial charge is 0.490 e. The van der Waals surface area contributed by atoms with Gasteiger partial charge >= 0.3 is 12.1 Å². The van der Waals surface area contributed by atoms with Crippen LogP contribution in [0, 0.1) is 11.6 Å². The van der Waals surface area contributed by atoms with E-state index in [9.17, 15) is 26.7 Å². The lowest BCUT2D eigenvalue weighted by Gasteiger charge is -2.15. The molecule has 34 heavy (non-hydrogen) atoms. The summed E-state index contributed by atoms with van der Waals surface area (Å²) < 4.78 is 69.9. The number of carboxylic acids is 1. The van der Waals surface area contributed by atoms with Crippen molar-refractivity contribution >= 4 is 11.9 Å². The van der Waals surface area contributed by atoms with Crippen molar-refractivity contribution in [3.63, 3.8) is 0 Å². The Morgan fingerprint density at radius 3 is 2.32 bits per heavy atom. The number of hydrogen-bond acceptors (Lipinski definition) is 5. The SMILES string of the molecule is COc1cc(OCc2ccc(F)cc2)c(F)cc1CNC(=O)[C@@H]1CCCN1.O=C(O)C(F)(F)F. The first-order valence-corrected chi connectivity index (χ1v) is 10.1. The lowest BCUT2D eigenvalue weighted by molar-refractivity contribution is -0.192. The van der Waals surface area contributed by atoms with Crippen LogP contribution in [0.1, 0.15) is 24.0 Å². The molecule has 3 rings (SSSR count). The van der Waals surface area contributed by atoms with Crippen LogP contribution in [-0.4, -0.2) is 42.9 Å². The molecule has 2 aromatic carbocycles. The molecule has 0 bridgehead atoms. The predicted molar refractivity (Wildman–Crippen MR) is 110 cm³/mol. The van der Waals surface area contributed by atoms with Crippen molar-refractivity contribution in [2.24, 2.45) is 0 Å². The second kappa shape index (κ2) is 12.2. The van der Waals surface area contributed by atoms with Crippen LogP contribution >= 0.6 is 0 Å². The van der Waals surface area contributed by atoms with Gasteiger partial charge in [0.2, 0.25) is 5.91 Å². The summed E-state index contributed by atoms with van der Waals surface area (Å²) in [4.78, 5) is 21.0. The lowest BCUT2D eigenvalue weighted by Crippen LogP contribution is -2.40. The maximum absolute atomic E-state index is 14.4. The van der Waals surface area contributed by atoms with E-state index in [1.165, 1.54) is 31.4 Å². The highest BCUT2D eigenvalue weighted by Crippen LogP contribution is 2.29. The van der Waals surface area contributed by atoms with Gasteiger partial charge in [0.25, 0.3) is 0 Å².